The number of primary amides is 1. The Morgan fingerprint density at radius 1 is 1.70 bits per heavy atom. The second-order valence-electron chi connectivity index (χ2n) is 2.69. The Balaban J connectivity index is 4.38. The first kappa shape index (κ1) is 9.78. The zero-order chi connectivity index (χ0) is 8.36. The van der Waals surface area contributed by atoms with E-state index in [1.54, 1.807) is 25.9 Å². The van der Waals surface area contributed by atoms with Crippen molar-refractivity contribution >= 4 is 18.5 Å². The molecule has 60 valence electrons. The molecule has 0 spiro atoms. The summed E-state index contributed by atoms with van der Waals surface area (Å²) in [5, 5.41) is 0. The van der Waals surface area contributed by atoms with Crippen LogP contribution in [-0.4, -0.2) is 36.2 Å². The van der Waals surface area contributed by atoms with Gasteiger partial charge in [0.05, 0.1) is 0 Å². The first-order chi connectivity index (χ1) is 4.45. The van der Waals surface area contributed by atoms with Crippen molar-refractivity contribution in [3.63, 3.8) is 0 Å². The molecular formula is C6H14N2OS. The summed E-state index contributed by atoms with van der Waals surface area (Å²) in [6.07, 6.45) is 0. The fourth-order valence-corrected chi connectivity index (χ4v) is 0.878. The number of carbonyl (C=O) groups is 1. The lowest BCUT2D eigenvalue weighted by Gasteiger charge is -2.31. The molecule has 0 saturated heterocycles. The summed E-state index contributed by atoms with van der Waals surface area (Å²) in [4.78, 5) is 12.6. The molecule has 0 rings (SSSR count). The van der Waals surface area contributed by atoms with Gasteiger partial charge in [-0.25, -0.2) is 0 Å². The van der Waals surface area contributed by atoms with E-state index in [-0.39, 0.29) is 5.91 Å². The largest absolute Gasteiger partial charge is 0.368 e. The number of hydrogen-bond acceptors (Lipinski definition) is 3. The van der Waals surface area contributed by atoms with Gasteiger partial charge in [-0.1, -0.05) is 0 Å². The molecule has 1 atom stereocenters. The number of nitrogens with two attached hydrogens (primary N) is 1. The Kier molecular flexibility index (Phi) is 3.18. The standard InChI is InChI=1S/C6H14N2OS/c1-6(4-10,5(7)9)8(2)3/h10H,4H2,1-3H3,(H2,7,9)/t6-/m0/s1. The summed E-state index contributed by atoms with van der Waals surface area (Å²) in [7, 11) is 3.61. The third-order valence-corrected chi connectivity index (χ3v) is 2.44. The second kappa shape index (κ2) is 3.25. The van der Waals surface area contributed by atoms with Crippen LogP contribution in [0, 0.1) is 0 Å². The minimum atomic E-state index is -0.622. The van der Waals surface area contributed by atoms with Gasteiger partial charge in [0, 0.05) is 5.75 Å². The molecule has 0 heterocycles. The quantitative estimate of drug-likeness (QED) is 0.561. The van der Waals surface area contributed by atoms with Crippen LogP contribution in [-0.2, 0) is 4.79 Å². The summed E-state index contributed by atoms with van der Waals surface area (Å²) >= 11 is 4.04. The van der Waals surface area contributed by atoms with Gasteiger partial charge < -0.3 is 5.73 Å². The monoisotopic (exact) mass is 162 g/mol. The van der Waals surface area contributed by atoms with E-state index in [0.717, 1.165) is 0 Å². The van der Waals surface area contributed by atoms with Crippen molar-refractivity contribution < 1.29 is 4.79 Å². The molecule has 1 amide bonds. The van der Waals surface area contributed by atoms with Gasteiger partial charge in [0.15, 0.2) is 0 Å². The van der Waals surface area contributed by atoms with Crippen LogP contribution in [0.25, 0.3) is 0 Å². The lowest BCUT2D eigenvalue weighted by Crippen LogP contribution is -2.53. The van der Waals surface area contributed by atoms with Gasteiger partial charge >= 0.3 is 0 Å². The summed E-state index contributed by atoms with van der Waals surface area (Å²) < 4.78 is 0. The Labute approximate surface area is 67.0 Å². The molecule has 10 heavy (non-hydrogen) atoms. The van der Waals surface area contributed by atoms with E-state index in [4.69, 9.17) is 5.73 Å². The van der Waals surface area contributed by atoms with Gasteiger partial charge in [-0.15, -0.1) is 0 Å². The van der Waals surface area contributed by atoms with Crippen LogP contribution in [0.1, 0.15) is 6.92 Å². The van der Waals surface area contributed by atoms with Crippen LogP contribution in [0.4, 0.5) is 0 Å². The second-order valence-corrected chi connectivity index (χ2v) is 3.01. The minimum Gasteiger partial charge on any atom is -0.368 e. The van der Waals surface area contributed by atoms with E-state index in [0.29, 0.717) is 5.75 Å². The highest BCUT2D eigenvalue weighted by Gasteiger charge is 2.31. The SMILES string of the molecule is CN(C)[C@@](C)(CS)C(N)=O. The Morgan fingerprint density at radius 2 is 2.10 bits per heavy atom. The Hall–Kier alpha value is -0.220. The molecule has 0 aromatic carbocycles. The summed E-state index contributed by atoms with van der Waals surface area (Å²) in [5.41, 5.74) is 4.53. The van der Waals surface area contributed by atoms with Gasteiger partial charge in [-0.2, -0.15) is 12.6 Å². The van der Waals surface area contributed by atoms with Crippen LogP contribution >= 0.6 is 12.6 Å². The van der Waals surface area contributed by atoms with Gasteiger partial charge in [-0.05, 0) is 21.0 Å². The van der Waals surface area contributed by atoms with Crippen LogP contribution in [0.3, 0.4) is 0 Å². The number of carbonyl (C=O) groups excluding carboxylic acids is 1. The summed E-state index contributed by atoms with van der Waals surface area (Å²) in [6, 6.07) is 0. The molecule has 0 saturated carbocycles. The highest BCUT2D eigenvalue weighted by molar-refractivity contribution is 7.80. The third kappa shape index (κ3) is 1.64. The molecule has 0 aliphatic rings. The van der Waals surface area contributed by atoms with Gasteiger partial charge in [0.2, 0.25) is 5.91 Å². The van der Waals surface area contributed by atoms with E-state index in [1.807, 2.05) is 0 Å². The average Bonchev–Trinajstić information content (AvgIpc) is 1.85. The van der Waals surface area contributed by atoms with Gasteiger partial charge in [0.25, 0.3) is 0 Å². The Bertz CT molecular complexity index is 138. The van der Waals surface area contributed by atoms with E-state index in [9.17, 15) is 4.79 Å². The normalized spacial score (nSPS) is 16.9. The smallest absolute Gasteiger partial charge is 0.238 e. The molecule has 0 radical (unpaired) electrons. The van der Waals surface area contributed by atoms with Crippen LogP contribution in [0.15, 0.2) is 0 Å². The number of nitrogens with zero attached hydrogens (tertiary/aromatic N) is 1. The maximum atomic E-state index is 10.8. The first-order valence-electron chi connectivity index (χ1n) is 3.03. The first-order valence-corrected chi connectivity index (χ1v) is 3.66. The van der Waals surface area contributed by atoms with Crippen molar-refractivity contribution in [1.29, 1.82) is 0 Å². The van der Waals surface area contributed by atoms with E-state index < -0.39 is 5.54 Å². The molecular weight excluding hydrogens is 148 g/mol. The molecule has 0 aromatic rings. The predicted octanol–water partition coefficient (Wildman–Crippen LogP) is -0.278. The molecule has 3 nitrogen and oxygen atoms in total. The summed E-state index contributed by atoms with van der Waals surface area (Å²) in [6.45, 7) is 1.77. The number of rotatable bonds is 3. The highest BCUT2D eigenvalue weighted by Crippen LogP contribution is 2.11. The average molecular weight is 162 g/mol. The van der Waals surface area contributed by atoms with Crippen LogP contribution < -0.4 is 5.73 Å². The van der Waals surface area contributed by atoms with Crippen molar-refractivity contribution in [1.82, 2.24) is 4.90 Å². The van der Waals surface area contributed by atoms with E-state index in [2.05, 4.69) is 12.6 Å². The van der Waals surface area contributed by atoms with Crippen molar-refractivity contribution in [3.8, 4) is 0 Å². The van der Waals surface area contributed by atoms with E-state index in [1.165, 1.54) is 0 Å². The lowest BCUT2D eigenvalue weighted by molar-refractivity contribution is -0.126. The zero-order valence-corrected chi connectivity index (χ0v) is 7.48. The molecule has 2 N–H and O–H groups in total. The van der Waals surface area contributed by atoms with Crippen LogP contribution in [0.5, 0.6) is 0 Å². The zero-order valence-electron chi connectivity index (χ0n) is 6.59. The van der Waals surface area contributed by atoms with Crippen LogP contribution in [0.2, 0.25) is 0 Å². The molecule has 4 heteroatoms. The molecule has 0 fully saturated rings. The van der Waals surface area contributed by atoms with Crippen molar-refractivity contribution in [2.24, 2.45) is 5.73 Å². The van der Waals surface area contributed by atoms with Gasteiger partial charge in [-0.3, -0.25) is 9.69 Å². The van der Waals surface area contributed by atoms with Crippen molar-refractivity contribution in [2.45, 2.75) is 12.5 Å². The third-order valence-electron chi connectivity index (χ3n) is 1.83. The van der Waals surface area contributed by atoms with Gasteiger partial charge in [0.1, 0.15) is 5.54 Å². The fourth-order valence-electron chi connectivity index (χ4n) is 0.440. The number of thiol groups is 1. The molecule has 0 unspecified atom stereocenters. The fraction of sp³-hybridized carbons (Fsp3) is 0.833. The highest BCUT2D eigenvalue weighted by atomic mass is 32.1. The molecule has 0 aliphatic carbocycles. The summed E-state index contributed by atoms with van der Waals surface area (Å²) in [5.74, 6) is 0.0995. The number of amides is 1. The Morgan fingerprint density at radius 3 is 2.10 bits per heavy atom. The number of hydrogen-bond donors (Lipinski definition) is 2. The maximum Gasteiger partial charge on any atom is 0.238 e. The van der Waals surface area contributed by atoms with E-state index >= 15 is 0 Å². The van der Waals surface area contributed by atoms with Crippen molar-refractivity contribution in [3.05, 3.63) is 0 Å². The van der Waals surface area contributed by atoms with Crippen molar-refractivity contribution in [2.75, 3.05) is 19.8 Å². The predicted molar refractivity (Wildman–Crippen MR) is 45.1 cm³/mol. The molecule has 0 aromatic heterocycles. The minimum absolute atomic E-state index is 0.340. The molecule has 0 bridgehead atoms. The lowest BCUT2D eigenvalue weighted by atomic mass is 10.0. The number of likely N-dealkylation sites (N-methyl/N-ethyl adjacent to an activating group) is 1. The topological polar surface area (TPSA) is 46.3 Å². The maximum absolute atomic E-state index is 10.8. The molecule has 0 aliphatic heterocycles.